The van der Waals surface area contributed by atoms with Gasteiger partial charge in [-0.05, 0) is 55.4 Å². The Morgan fingerprint density at radius 3 is 1.59 bits per heavy atom. The molecule has 2 nitrogen and oxygen atoms in total. The van der Waals surface area contributed by atoms with Gasteiger partial charge < -0.3 is 9.47 Å². The van der Waals surface area contributed by atoms with Gasteiger partial charge in [0.2, 0.25) is 0 Å². The molecule has 0 bridgehead atoms. The van der Waals surface area contributed by atoms with Gasteiger partial charge in [0.15, 0.2) is 0 Å². The van der Waals surface area contributed by atoms with Gasteiger partial charge in [-0.2, -0.15) is 0 Å². The van der Waals surface area contributed by atoms with Crippen molar-refractivity contribution in [3.63, 3.8) is 0 Å². The van der Waals surface area contributed by atoms with Gasteiger partial charge in [-0.3, -0.25) is 0 Å². The molecule has 0 unspecified atom stereocenters. The fraction of sp³-hybridized carbons (Fsp3) is 0.778. The summed E-state index contributed by atoms with van der Waals surface area (Å²) in [7, 11) is 0. The molecule has 1 saturated carbocycles. The summed E-state index contributed by atoms with van der Waals surface area (Å²) < 4.78 is 11.7. The Morgan fingerprint density at radius 1 is 0.586 bits per heavy atom. The van der Waals surface area contributed by atoms with Crippen molar-refractivity contribution >= 4 is 0 Å². The predicted molar refractivity (Wildman–Crippen MR) is 125 cm³/mol. The maximum atomic E-state index is 5.95. The summed E-state index contributed by atoms with van der Waals surface area (Å²) in [5.41, 5.74) is 0. The first kappa shape index (κ1) is 24.1. The van der Waals surface area contributed by atoms with Crippen LogP contribution in [-0.4, -0.2) is 13.2 Å². The van der Waals surface area contributed by atoms with E-state index in [9.17, 15) is 0 Å². The average Bonchev–Trinajstić information content (AvgIpc) is 2.76. The zero-order valence-corrected chi connectivity index (χ0v) is 19.3. The molecule has 0 aromatic heterocycles. The van der Waals surface area contributed by atoms with Crippen LogP contribution in [0.2, 0.25) is 0 Å². The van der Waals surface area contributed by atoms with E-state index >= 15 is 0 Å². The summed E-state index contributed by atoms with van der Waals surface area (Å²) in [6.45, 7) is 6.17. The second kappa shape index (κ2) is 15.6. The maximum Gasteiger partial charge on any atom is 0.119 e. The zero-order valence-electron chi connectivity index (χ0n) is 19.3. The molecule has 1 fully saturated rings. The Morgan fingerprint density at radius 2 is 1.03 bits per heavy atom. The third kappa shape index (κ3) is 11.0. The Kier molecular flexibility index (Phi) is 13.0. The van der Waals surface area contributed by atoms with Crippen LogP contribution in [-0.2, 0) is 0 Å². The molecule has 29 heavy (non-hydrogen) atoms. The number of unbranched alkanes of at least 4 members (excludes halogenated alkanes) is 6. The fourth-order valence-corrected chi connectivity index (χ4v) is 4.58. The highest BCUT2D eigenvalue weighted by Gasteiger charge is 2.20. The molecule has 0 radical (unpaired) electrons. The van der Waals surface area contributed by atoms with Crippen LogP contribution in [0.4, 0.5) is 0 Å². The second-order valence-corrected chi connectivity index (χ2v) is 9.11. The number of benzene rings is 1. The minimum absolute atomic E-state index is 0.815. The van der Waals surface area contributed by atoms with E-state index in [1.807, 2.05) is 24.3 Å². The first-order chi connectivity index (χ1) is 14.3. The van der Waals surface area contributed by atoms with Gasteiger partial charge >= 0.3 is 0 Å². The Labute approximate surface area is 180 Å². The lowest BCUT2D eigenvalue weighted by Crippen LogP contribution is -2.15. The van der Waals surface area contributed by atoms with Crippen LogP contribution in [0.5, 0.6) is 11.5 Å². The lowest BCUT2D eigenvalue weighted by molar-refractivity contribution is 0.228. The molecule has 2 rings (SSSR count). The lowest BCUT2D eigenvalue weighted by Gasteiger charge is -2.28. The maximum absolute atomic E-state index is 5.95. The molecular weight excluding hydrogens is 356 g/mol. The summed E-state index contributed by atoms with van der Waals surface area (Å²) >= 11 is 0. The third-order valence-electron chi connectivity index (χ3n) is 6.55. The van der Waals surface area contributed by atoms with E-state index in [0.717, 1.165) is 43.0 Å². The Balaban J connectivity index is 1.48. The van der Waals surface area contributed by atoms with Crippen molar-refractivity contribution in [1.29, 1.82) is 0 Å². The van der Waals surface area contributed by atoms with Gasteiger partial charge in [0.25, 0.3) is 0 Å². The van der Waals surface area contributed by atoms with Gasteiger partial charge in [0.1, 0.15) is 11.5 Å². The Hall–Kier alpha value is -1.18. The van der Waals surface area contributed by atoms with Gasteiger partial charge in [0.05, 0.1) is 13.2 Å². The summed E-state index contributed by atoms with van der Waals surface area (Å²) in [6, 6.07) is 8.15. The monoisotopic (exact) mass is 402 g/mol. The van der Waals surface area contributed by atoms with E-state index in [2.05, 4.69) is 13.8 Å². The quantitative estimate of drug-likeness (QED) is 0.258. The first-order valence-electron chi connectivity index (χ1n) is 12.7. The minimum atomic E-state index is 0.815. The van der Waals surface area contributed by atoms with Crippen LogP contribution in [0.3, 0.4) is 0 Å². The van der Waals surface area contributed by atoms with Crippen LogP contribution >= 0.6 is 0 Å². The van der Waals surface area contributed by atoms with E-state index in [4.69, 9.17) is 9.47 Å². The topological polar surface area (TPSA) is 18.5 Å². The van der Waals surface area contributed by atoms with Crippen molar-refractivity contribution < 1.29 is 9.47 Å². The minimum Gasteiger partial charge on any atom is -0.494 e. The Bertz CT molecular complexity index is 488. The van der Waals surface area contributed by atoms with E-state index < -0.39 is 0 Å². The predicted octanol–water partition coefficient (Wildman–Crippen LogP) is 8.58. The molecule has 0 amide bonds. The average molecular weight is 403 g/mol. The van der Waals surface area contributed by atoms with Crippen molar-refractivity contribution in [1.82, 2.24) is 0 Å². The number of ether oxygens (including phenoxy) is 2. The van der Waals surface area contributed by atoms with Crippen LogP contribution < -0.4 is 9.47 Å². The van der Waals surface area contributed by atoms with Crippen molar-refractivity contribution in [2.75, 3.05) is 13.2 Å². The largest absolute Gasteiger partial charge is 0.494 e. The van der Waals surface area contributed by atoms with Gasteiger partial charge in [-0.25, -0.2) is 0 Å². The van der Waals surface area contributed by atoms with Crippen molar-refractivity contribution in [2.45, 2.75) is 110 Å². The number of hydrogen-bond acceptors (Lipinski definition) is 2. The molecule has 0 saturated heterocycles. The molecule has 1 aliphatic carbocycles. The molecule has 1 aromatic rings. The van der Waals surface area contributed by atoms with E-state index in [-0.39, 0.29) is 0 Å². The SMILES string of the molecule is CCCCCCC[C@H]1CC[C@H](CCCOc2ccc(OCCCCC)cc2)CC1. The smallest absolute Gasteiger partial charge is 0.119 e. The van der Waals surface area contributed by atoms with Crippen molar-refractivity contribution in [2.24, 2.45) is 11.8 Å². The standard InChI is InChI=1S/C27H46O2/c1-3-5-7-8-9-12-24-14-16-25(17-15-24)13-11-23-29-27-20-18-26(19-21-27)28-22-10-6-4-2/h18-21,24-25H,3-17,22-23H2,1-2H3/t24-,25-. The molecule has 0 atom stereocenters. The second-order valence-electron chi connectivity index (χ2n) is 9.11. The highest BCUT2D eigenvalue weighted by Crippen LogP contribution is 2.34. The highest BCUT2D eigenvalue weighted by atomic mass is 16.5. The van der Waals surface area contributed by atoms with Crippen LogP contribution in [0.15, 0.2) is 24.3 Å². The van der Waals surface area contributed by atoms with Gasteiger partial charge in [0, 0.05) is 0 Å². The van der Waals surface area contributed by atoms with Crippen molar-refractivity contribution in [3.05, 3.63) is 24.3 Å². The van der Waals surface area contributed by atoms with Crippen LogP contribution in [0, 0.1) is 11.8 Å². The van der Waals surface area contributed by atoms with Crippen LogP contribution in [0.1, 0.15) is 110 Å². The molecule has 0 heterocycles. The third-order valence-corrected chi connectivity index (χ3v) is 6.55. The lowest BCUT2D eigenvalue weighted by atomic mass is 9.78. The summed E-state index contributed by atoms with van der Waals surface area (Å²) in [4.78, 5) is 0. The highest BCUT2D eigenvalue weighted by molar-refractivity contribution is 5.31. The molecule has 0 aliphatic heterocycles. The van der Waals surface area contributed by atoms with E-state index in [1.165, 1.54) is 89.9 Å². The first-order valence-corrected chi connectivity index (χ1v) is 12.7. The zero-order chi connectivity index (χ0) is 20.6. The van der Waals surface area contributed by atoms with Gasteiger partial charge in [-0.1, -0.05) is 90.9 Å². The van der Waals surface area contributed by atoms with Crippen LogP contribution in [0.25, 0.3) is 0 Å². The molecular formula is C27H46O2. The molecule has 0 spiro atoms. The van der Waals surface area contributed by atoms with E-state index in [1.54, 1.807) is 0 Å². The van der Waals surface area contributed by atoms with E-state index in [0.29, 0.717) is 0 Å². The number of rotatable bonds is 16. The molecule has 1 aliphatic rings. The molecule has 1 aromatic carbocycles. The van der Waals surface area contributed by atoms with Gasteiger partial charge in [-0.15, -0.1) is 0 Å². The summed E-state index contributed by atoms with van der Waals surface area (Å²) in [6.07, 6.45) is 20.6. The molecule has 2 heteroatoms. The molecule has 0 N–H and O–H groups in total. The fourth-order valence-electron chi connectivity index (χ4n) is 4.58. The summed E-state index contributed by atoms with van der Waals surface area (Å²) in [5, 5.41) is 0. The molecule has 166 valence electrons. The normalized spacial score (nSPS) is 19.2. The number of hydrogen-bond donors (Lipinski definition) is 0. The summed E-state index contributed by atoms with van der Waals surface area (Å²) in [5.74, 6) is 3.88. The van der Waals surface area contributed by atoms with Crippen molar-refractivity contribution in [3.8, 4) is 11.5 Å².